The smallest absolute Gasteiger partial charge is 0.410 e. The van der Waals surface area contributed by atoms with Crippen LogP contribution in [0.25, 0.3) is 5.69 Å². The molecule has 2 aromatic rings. The van der Waals surface area contributed by atoms with Crippen molar-refractivity contribution >= 4 is 33.4 Å². The van der Waals surface area contributed by atoms with Gasteiger partial charge in [-0.3, -0.25) is 4.79 Å². The van der Waals surface area contributed by atoms with Gasteiger partial charge < -0.3 is 19.3 Å². The highest BCUT2D eigenvalue weighted by Crippen LogP contribution is 2.28. The Bertz CT molecular complexity index is 1410. The van der Waals surface area contributed by atoms with Crippen LogP contribution in [0, 0.1) is 5.92 Å². The third kappa shape index (κ3) is 7.76. The first-order valence-corrected chi connectivity index (χ1v) is 16.4. The first-order valence-electron chi connectivity index (χ1n) is 14.5. The number of amides is 1. The van der Waals surface area contributed by atoms with Crippen LogP contribution in [0.1, 0.15) is 53.9 Å². The molecule has 4 rings (SSSR count). The molecule has 2 saturated heterocycles. The van der Waals surface area contributed by atoms with E-state index in [1.165, 1.54) is 8.99 Å². The Kier molecular flexibility index (Phi) is 10.1. The van der Waals surface area contributed by atoms with Crippen LogP contribution in [0.5, 0.6) is 5.75 Å². The average molecular weight is 624 g/mol. The molecular weight excluding hydrogens is 582 g/mol. The summed E-state index contributed by atoms with van der Waals surface area (Å²) in [5.74, 6) is 0.519. The van der Waals surface area contributed by atoms with Crippen LogP contribution in [0.3, 0.4) is 0 Å². The minimum Gasteiger partial charge on any atom is -0.486 e. The summed E-state index contributed by atoms with van der Waals surface area (Å²) in [4.78, 5) is 29.8. The predicted octanol–water partition coefficient (Wildman–Crippen LogP) is 4.16. The van der Waals surface area contributed by atoms with Crippen molar-refractivity contribution in [1.82, 2.24) is 19.0 Å². The van der Waals surface area contributed by atoms with Gasteiger partial charge in [0.25, 0.3) is 0 Å². The van der Waals surface area contributed by atoms with Crippen LogP contribution in [-0.2, 0) is 14.8 Å². The molecule has 0 unspecified atom stereocenters. The van der Waals surface area contributed by atoms with E-state index in [1.807, 2.05) is 25.7 Å². The number of hydrogen-bond acceptors (Lipinski definition) is 8. The summed E-state index contributed by atoms with van der Waals surface area (Å²) < 4.78 is 39.8. The topological polar surface area (TPSA) is 114 Å². The fourth-order valence-electron chi connectivity index (χ4n) is 5.12. The van der Waals surface area contributed by atoms with Crippen molar-refractivity contribution in [2.45, 2.75) is 64.7 Å². The van der Waals surface area contributed by atoms with E-state index in [-0.39, 0.29) is 11.8 Å². The number of hydrogen-bond donors (Lipinski definition) is 0. The lowest BCUT2D eigenvalue weighted by molar-refractivity contribution is 0.0177. The highest BCUT2D eigenvalue weighted by molar-refractivity contribution is 7.89. The van der Waals surface area contributed by atoms with E-state index in [2.05, 4.69) is 5.10 Å². The largest absolute Gasteiger partial charge is 0.486 e. The summed E-state index contributed by atoms with van der Waals surface area (Å²) in [7, 11) is -3.37. The lowest BCUT2D eigenvalue weighted by Gasteiger charge is -2.36. The molecule has 3 heterocycles. The molecule has 0 bridgehead atoms. The number of rotatable bonds is 8. The van der Waals surface area contributed by atoms with E-state index in [4.69, 9.17) is 21.1 Å². The van der Waals surface area contributed by atoms with E-state index < -0.39 is 26.4 Å². The normalized spacial score (nSPS) is 17.5. The van der Waals surface area contributed by atoms with Crippen LogP contribution in [0.15, 0.2) is 35.3 Å². The van der Waals surface area contributed by atoms with Crippen molar-refractivity contribution in [2.24, 2.45) is 5.92 Å². The molecule has 0 aliphatic carbocycles. The third-order valence-corrected chi connectivity index (χ3v) is 10.1. The van der Waals surface area contributed by atoms with Crippen LogP contribution in [0.4, 0.5) is 10.5 Å². The Morgan fingerprint density at radius 1 is 1.10 bits per heavy atom. The van der Waals surface area contributed by atoms with Gasteiger partial charge >= 0.3 is 11.7 Å². The molecule has 0 spiro atoms. The zero-order valence-electron chi connectivity index (χ0n) is 25.1. The SMILES string of the molecule is CC(C)S(=O)(=O)N1CCN(c2cnn(-c3cccc(Cl)c3)c(=O)c2OCCC2CCN(C(=O)OC(C)(C)C)CC2)CC1. The Hall–Kier alpha value is -2.83. The molecule has 2 aliphatic rings. The van der Waals surface area contributed by atoms with E-state index in [9.17, 15) is 18.0 Å². The average Bonchev–Trinajstić information content (AvgIpc) is 2.93. The summed E-state index contributed by atoms with van der Waals surface area (Å²) in [5, 5.41) is 4.39. The third-order valence-electron chi connectivity index (χ3n) is 7.54. The molecule has 0 atom stereocenters. The summed E-state index contributed by atoms with van der Waals surface area (Å²) >= 11 is 6.17. The van der Waals surface area contributed by atoms with Crippen molar-refractivity contribution in [2.75, 3.05) is 50.8 Å². The maximum atomic E-state index is 13.7. The van der Waals surface area contributed by atoms with E-state index >= 15 is 0 Å². The number of halogens is 1. The monoisotopic (exact) mass is 623 g/mol. The number of ether oxygens (including phenoxy) is 2. The van der Waals surface area contributed by atoms with Crippen LogP contribution in [-0.4, -0.2) is 90.2 Å². The molecule has 2 aliphatic heterocycles. The number of benzene rings is 1. The van der Waals surface area contributed by atoms with Gasteiger partial charge in [0.15, 0.2) is 0 Å². The first-order chi connectivity index (χ1) is 19.8. The molecule has 0 radical (unpaired) electrons. The van der Waals surface area contributed by atoms with Gasteiger partial charge in [0.1, 0.15) is 11.3 Å². The van der Waals surface area contributed by atoms with Crippen molar-refractivity contribution in [1.29, 1.82) is 0 Å². The summed E-state index contributed by atoms with van der Waals surface area (Å²) in [5.41, 5.74) is 0.120. The van der Waals surface area contributed by atoms with Crippen molar-refractivity contribution in [3.63, 3.8) is 0 Å². The van der Waals surface area contributed by atoms with Gasteiger partial charge in [-0.25, -0.2) is 13.2 Å². The van der Waals surface area contributed by atoms with Gasteiger partial charge in [-0.15, -0.1) is 0 Å². The lowest BCUT2D eigenvalue weighted by atomic mass is 9.94. The molecule has 2 fully saturated rings. The zero-order chi connectivity index (χ0) is 30.7. The number of carbonyl (C=O) groups excluding carboxylic acids is 1. The Balaban J connectivity index is 1.47. The van der Waals surface area contributed by atoms with Gasteiger partial charge in [-0.1, -0.05) is 17.7 Å². The summed E-state index contributed by atoms with van der Waals surface area (Å²) in [6.07, 6.45) is 3.68. The second-order valence-corrected chi connectivity index (χ2v) is 15.0. The van der Waals surface area contributed by atoms with E-state index in [0.717, 1.165) is 19.3 Å². The molecule has 13 heteroatoms. The molecule has 0 saturated carbocycles. The quantitative estimate of drug-likeness (QED) is 0.431. The van der Waals surface area contributed by atoms with Crippen LogP contribution >= 0.6 is 11.6 Å². The number of carbonyl (C=O) groups is 1. The lowest BCUT2D eigenvalue weighted by Crippen LogP contribution is -2.50. The minimum atomic E-state index is -3.37. The van der Waals surface area contributed by atoms with Crippen molar-refractivity contribution in [3.8, 4) is 11.4 Å². The predicted molar refractivity (Wildman–Crippen MR) is 163 cm³/mol. The number of piperazine rings is 1. The Morgan fingerprint density at radius 3 is 2.36 bits per heavy atom. The van der Waals surface area contributed by atoms with E-state index in [0.29, 0.717) is 68.2 Å². The molecule has 11 nitrogen and oxygen atoms in total. The minimum absolute atomic E-state index is 0.177. The van der Waals surface area contributed by atoms with Crippen LogP contribution in [0.2, 0.25) is 5.02 Å². The Morgan fingerprint density at radius 2 is 1.76 bits per heavy atom. The number of aromatic nitrogens is 2. The summed E-state index contributed by atoms with van der Waals surface area (Å²) in [6, 6.07) is 6.88. The van der Waals surface area contributed by atoms with Gasteiger partial charge in [0, 0.05) is 44.3 Å². The maximum Gasteiger partial charge on any atom is 0.410 e. The standard InChI is InChI=1S/C29H42ClN5O6S/c1-21(2)42(38,39)34-16-14-32(15-17-34)25-20-31-35(24-8-6-7-23(30)19-24)27(36)26(25)40-18-11-22-9-12-33(13-10-22)28(37)41-29(3,4)5/h6-8,19-22H,9-18H2,1-5H3. The molecule has 1 amide bonds. The summed E-state index contributed by atoms with van der Waals surface area (Å²) in [6.45, 7) is 11.9. The fraction of sp³-hybridized carbons (Fsp3) is 0.621. The van der Waals surface area contributed by atoms with E-state index in [1.54, 1.807) is 49.2 Å². The van der Waals surface area contributed by atoms with Gasteiger partial charge in [-0.2, -0.15) is 14.1 Å². The fourth-order valence-corrected chi connectivity index (χ4v) is 6.58. The zero-order valence-corrected chi connectivity index (χ0v) is 26.7. The molecule has 1 aromatic heterocycles. The number of piperidine rings is 1. The first kappa shape index (κ1) is 32.1. The second kappa shape index (κ2) is 13.2. The van der Waals surface area contributed by atoms with Crippen LogP contribution < -0.4 is 15.2 Å². The van der Waals surface area contributed by atoms with Gasteiger partial charge in [0.05, 0.1) is 23.7 Å². The molecule has 232 valence electrons. The van der Waals surface area contributed by atoms with Gasteiger partial charge in [0.2, 0.25) is 15.8 Å². The van der Waals surface area contributed by atoms with Crippen molar-refractivity contribution < 1.29 is 22.7 Å². The number of nitrogens with zero attached hydrogens (tertiary/aromatic N) is 5. The maximum absolute atomic E-state index is 13.7. The molecule has 42 heavy (non-hydrogen) atoms. The number of likely N-dealkylation sites (tertiary alicyclic amines) is 1. The van der Waals surface area contributed by atoms with Gasteiger partial charge in [-0.05, 0) is 78.0 Å². The number of anilines is 1. The molecular formula is C29H42ClN5O6S. The highest BCUT2D eigenvalue weighted by Gasteiger charge is 2.31. The number of sulfonamides is 1. The highest BCUT2D eigenvalue weighted by atomic mass is 35.5. The molecule has 1 aromatic carbocycles. The second-order valence-electron chi connectivity index (χ2n) is 12.1. The van der Waals surface area contributed by atoms with Crippen molar-refractivity contribution in [3.05, 3.63) is 45.8 Å². The molecule has 0 N–H and O–H groups in total. The Labute approximate surface area is 253 Å².